The Balaban J connectivity index is 1.98. The maximum absolute atomic E-state index is 11.4. The minimum Gasteiger partial charge on any atom is -0.378 e. The molecule has 0 unspecified atom stereocenters. The monoisotopic (exact) mass is 342 g/mol. The SMILES string of the molecule is Cc1ccc(Nc2nc(N3CCC[C@H](C)C3)nc(N)c2[N+](=O)[O-])cc1. The number of piperidine rings is 1. The highest BCUT2D eigenvalue weighted by Gasteiger charge is 2.26. The van der Waals surface area contributed by atoms with Gasteiger partial charge in [-0.1, -0.05) is 24.6 Å². The van der Waals surface area contributed by atoms with Gasteiger partial charge in [0.1, 0.15) is 0 Å². The summed E-state index contributed by atoms with van der Waals surface area (Å²) in [6.45, 7) is 5.80. The highest BCUT2D eigenvalue weighted by Crippen LogP contribution is 2.33. The predicted octanol–water partition coefficient (Wildman–Crippen LogP) is 3.26. The van der Waals surface area contributed by atoms with Crippen molar-refractivity contribution in [3.63, 3.8) is 0 Å². The topological polar surface area (TPSA) is 110 Å². The van der Waals surface area contributed by atoms with Gasteiger partial charge in [0.25, 0.3) is 0 Å². The number of aryl methyl sites for hydroxylation is 1. The molecule has 8 heteroatoms. The van der Waals surface area contributed by atoms with Gasteiger partial charge in [0.2, 0.25) is 17.6 Å². The van der Waals surface area contributed by atoms with Crippen molar-refractivity contribution in [2.75, 3.05) is 29.0 Å². The lowest BCUT2D eigenvalue weighted by Gasteiger charge is -2.31. The molecule has 0 saturated carbocycles. The number of hydrogen-bond acceptors (Lipinski definition) is 7. The Morgan fingerprint density at radius 3 is 2.68 bits per heavy atom. The van der Waals surface area contributed by atoms with E-state index >= 15 is 0 Å². The van der Waals surface area contributed by atoms with Gasteiger partial charge in [0.05, 0.1) is 4.92 Å². The summed E-state index contributed by atoms with van der Waals surface area (Å²) in [7, 11) is 0. The van der Waals surface area contributed by atoms with Gasteiger partial charge in [-0.3, -0.25) is 10.1 Å². The molecule has 0 bridgehead atoms. The molecule has 1 atom stereocenters. The molecule has 1 saturated heterocycles. The summed E-state index contributed by atoms with van der Waals surface area (Å²) in [4.78, 5) is 21.5. The van der Waals surface area contributed by atoms with E-state index in [0.29, 0.717) is 17.6 Å². The maximum Gasteiger partial charge on any atom is 0.353 e. The number of nitrogen functional groups attached to an aromatic ring is 1. The van der Waals surface area contributed by atoms with Crippen LogP contribution in [0.25, 0.3) is 0 Å². The number of nitrogens with zero attached hydrogens (tertiary/aromatic N) is 4. The third-order valence-corrected chi connectivity index (χ3v) is 4.34. The highest BCUT2D eigenvalue weighted by molar-refractivity contribution is 5.74. The maximum atomic E-state index is 11.4. The van der Waals surface area contributed by atoms with Crippen molar-refractivity contribution < 1.29 is 4.92 Å². The van der Waals surface area contributed by atoms with Crippen LogP contribution in [0, 0.1) is 23.0 Å². The Morgan fingerprint density at radius 1 is 1.32 bits per heavy atom. The number of rotatable bonds is 4. The van der Waals surface area contributed by atoms with Gasteiger partial charge in [0.15, 0.2) is 0 Å². The molecule has 3 rings (SSSR count). The van der Waals surface area contributed by atoms with Gasteiger partial charge in [-0.15, -0.1) is 0 Å². The van der Waals surface area contributed by atoms with E-state index in [1.165, 1.54) is 0 Å². The molecule has 1 aromatic heterocycles. The third-order valence-electron chi connectivity index (χ3n) is 4.34. The summed E-state index contributed by atoms with van der Waals surface area (Å²) in [6.07, 6.45) is 2.20. The number of nitrogens with one attached hydrogen (secondary N) is 1. The first-order valence-corrected chi connectivity index (χ1v) is 8.34. The molecule has 1 fully saturated rings. The molecule has 3 N–H and O–H groups in total. The van der Waals surface area contributed by atoms with Crippen LogP contribution in [-0.4, -0.2) is 28.0 Å². The number of nitro groups is 1. The first kappa shape index (κ1) is 16.9. The summed E-state index contributed by atoms with van der Waals surface area (Å²) in [5.74, 6) is 0.962. The van der Waals surface area contributed by atoms with Crippen molar-refractivity contribution in [1.82, 2.24) is 9.97 Å². The first-order chi connectivity index (χ1) is 11.9. The molecule has 2 heterocycles. The van der Waals surface area contributed by atoms with E-state index in [-0.39, 0.29) is 17.3 Å². The minimum absolute atomic E-state index is 0.120. The zero-order chi connectivity index (χ0) is 18.0. The van der Waals surface area contributed by atoms with Crippen molar-refractivity contribution >= 4 is 29.0 Å². The zero-order valence-electron chi connectivity index (χ0n) is 14.4. The predicted molar refractivity (Wildman–Crippen MR) is 98.2 cm³/mol. The van der Waals surface area contributed by atoms with Gasteiger partial charge >= 0.3 is 5.69 Å². The van der Waals surface area contributed by atoms with E-state index in [0.717, 1.165) is 31.5 Å². The van der Waals surface area contributed by atoms with Gasteiger partial charge in [-0.25, -0.2) is 0 Å². The number of hydrogen-bond donors (Lipinski definition) is 2. The lowest BCUT2D eigenvalue weighted by molar-refractivity contribution is -0.383. The van der Waals surface area contributed by atoms with Crippen molar-refractivity contribution in [1.29, 1.82) is 0 Å². The fourth-order valence-corrected chi connectivity index (χ4v) is 3.01. The molecule has 2 aromatic rings. The fourth-order valence-electron chi connectivity index (χ4n) is 3.01. The van der Waals surface area contributed by atoms with Crippen molar-refractivity contribution in [2.45, 2.75) is 26.7 Å². The van der Waals surface area contributed by atoms with Crippen molar-refractivity contribution in [3.8, 4) is 0 Å². The van der Waals surface area contributed by atoms with E-state index in [1.807, 2.05) is 36.1 Å². The molecule has 1 aliphatic heterocycles. The summed E-state index contributed by atoms with van der Waals surface area (Å²) in [5.41, 5.74) is 7.40. The van der Waals surface area contributed by atoms with E-state index < -0.39 is 4.92 Å². The van der Waals surface area contributed by atoms with E-state index in [9.17, 15) is 10.1 Å². The molecule has 0 aliphatic carbocycles. The van der Waals surface area contributed by atoms with Gasteiger partial charge in [-0.2, -0.15) is 9.97 Å². The second-order valence-corrected chi connectivity index (χ2v) is 6.55. The smallest absolute Gasteiger partial charge is 0.353 e. The van der Waals surface area contributed by atoms with Crippen LogP contribution in [-0.2, 0) is 0 Å². The van der Waals surface area contributed by atoms with Crippen molar-refractivity contribution in [3.05, 3.63) is 39.9 Å². The normalized spacial score (nSPS) is 17.4. The zero-order valence-corrected chi connectivity index (χ0v) is 14.4. The van der Waals surface area contributed by atoms with Crippen LogP contribution in [0.4, 0.5) is 29.0 Å². The Hall–Kier alpha value is -2.90. The van der Waals surface area contributed by atoms with Gasteiger partial charge in [-0.05, 0) is 37.8 Å². The first-order valence-electron chi connectivity index (χ1n) is 8.34. The second kappa shape index (κ2) is 6.92. The molecule has 0 radical (unpaired) electrons. The van der Waals surface area contributed by atoms with E-state index in [4.69, 9.17) is 5.73 Å². The molecule has 0 amide bonds. The minimum atomic E-state index is -0.547. The number of aromatic nitrogens is 2. The summed E-state index contributed by atoms with van der Waals surface area (Å²) >= 11 is 0. The van der Waals surface area contributed by atoms with E-state index in [2.05, 4.69) is 22.2 Å². The molecular weight excluding hydrogens is 320 g/mol. The average molecular weight is 342 g/mol. The summed E-state index contributed by atoms with van der Waals surface area (Å²) in [6, 6.07) is 7.54. The average Bonchev–Trinajstić information content (AvgIpc) is 2.56. The van der Waals surface area contributed by atoms with Crippen LogP contribution < -0.4 is 16.0 Å². The highest BCUT2D eigenvalue weighted by atomic mass is 16.6. The Labute approximate surface area is 146 Å². The van der Waals surface area contributed by atoms with Crippen LogP contribution in [0.1, 0.15) is 25.3 Å². The van der Waals surface area contributed by atoms with Crippen LogP contribution >= 0.6 is 0 Å². The van der Waals surface area contributed by atoms with E-state index in [1.54, 1.807) is 0 Å². The fraction of sp³-hybridized carbons (Fsp3) is 0.412. The molecule has 132 valence electrons. The van der Waals surface area contributed by atoms with Gasteiger partial charge < -0.3 is 16.0 Å². The number of benzene rings is 1. The largest absolute Gasteiger partial charge is 0.378 e. The quantitative estimate of drug-likeness (QED) is 0.648. The van der Waals surface area contributed by atoms with Crippen LogP contribution in [0.15, 0.2) is 24.3 Å². The lowest BCUT2D eigenvalue weighted by atomic mass is 10.0. The van der Waals surface area contributed by atoms with Crippen LogP contribution in [0.3, 0.4) is 0 Å². The Kier molecular flexibility index (Phi) is 4.69. The molecule has 1 aliphatic rings. The molecule has 8 nitrogen and oxygen atoms in total. The van der Waals surface area contributed by atoms with Crippen LogP contribution in [0.5, 0.6) is 0 Å². The molecule has 0 spiro atoms. The van der Waals surface area contributed by atoms with Gasteiger partial charge in [0, 0.05) is 18.8 Å². The summed E-state index contributed by atoms with van der Waals surface area (Å²) in [5, 5.41) is 14.4. The number of nitrogens with two attached hydrogens (primary N) is 1. The standard InChI is InChI=1S/C17H22N6O2/c1-11-5-7-13(8-6-11)19-16-14(23(24)25)15(18)20-17(21-16)22-9-3-4-12(2)10-22/h5-8,12H,3-4,9-10H2,1-2H3,(H3,18,19,20,21)/t12-/m0/s1. The number of anilines is 4. The molecule has 1 aromatic carbocycles. The molecule has 25 heavy (non-hydrogen) atoms. The third kappa shape index (κ3) is 3.78. The molecular formula is C17H22N6O2. The Morgan fingerprint density at radius 2 is 2.04 bits per heavy atom. The lowest BCUT2D eigenvalue weighted by Crippen LogP contribution is -2.35. The second-order valence-electron chi connectivity index (χ2n) is 6.55. The van der Waals surface area contributed by atoms with Crippen LogP contribution in [0.2, 0.25) is 0 Å². The van der Waals surface area contributed by atoms with Crippen molar-refractivity contribution in [2.24, 2.45) is 5.92 Å². The Bertz CT molecular complexity index is 777. The summed E-state index contributed by atoms with van der Waals surface area (Å²) < 4.78 is 0.